The molecule has 0 N–H and O–H groups in total. The zero-order valence-electron chi connectivity index (χ0n) is 19.0. The van der Waals surface area contributed by atoms with Crippen LogP contribution in [0.15, 0.2) is 80.9 Å². The molecule has 0 bridgehead atoms. The van der Waals surface area contributed by atoms with Crippen molar-refractivity contribution in [3.8, 4) is 22.9 Å². The van der Waals surface area contributed by atoms with E-state index in [1.807, 2.05) is 37.3 Å². The topological polar surface area (TPSA) is 92.1 Å². The van der Waals surface area contributed by atoms with Gasteiger partial charge in [-0.25, -0.2) is 19.3 Å². The van der Waals surface area contributed by atoms with E-state index in [2.05, 4.69) is 9.97 Å². The number of oxazole rings is 1. The predicted molar refractivity (Wildman–Crippen MR) is 129 cm³/mol. The van der Waals surface area contributed by atoms with Gasteiger partial charge in [-0.1, -0.05) is 30.3 Å². The van der Waals surface area contributed by atoms with Crippen molar-refractivity contribution in [2.75, 3.05) is 7.11 Å². The van der Waals surface area contributed by atoms with E-state index in [0.717, 1.165) is 15.7 Å². The van der Waals surface area contributed by atoms with Gasteiger partial charge in [-0.05, 0) is 49.7 Å². The van der Waals surface area contributed by atoms with Gasteiger partial charge in [0.2, 0.25) is 5.89 Å². The maximum absolute atomic E-state index is 13.7. The van der Waals surface area contributed by atoms with Gasteiger partial charge in [0.15, 0.2) is 5.65 Å². The first kappa shape index (κ1) is 21.4. The van der Waals surface area contributed by atoms with E-state index in [4.69, 9.17) is 9.15 Å². The second kappa shape index (κ2) is 8.47. The van der Waals surface area contributed by atoms with Gasteiger partial charge in [0.05, 0.1) is 24.7 Å². The van der Waals surface area contributed by atoms with Crippen molar-refractivity contribution < 1.29 is 9.15 Å². The Kier molecular flexibility index (Phi) is 5.33. The van der Waals surface area contributed by atoms with Crippen molar-refractivity contribution in [2.24, 2.45) is 0 Å². The molecule has 2 aromatic carbocycles. The van der Waals surface area contributed by atoms with E-state index in [9.17, 15) is 9.59 Å². The number of nitrogens with zero attached hydrogens (tertiary/aromatic N) is 4. The molecule has 0 atom stereocenters. The summed E-state index contributed by atoms with van der Waals surface area (Å²) in [6, 6.07) is 18.2. The number of para-hydroxylation sites is 2. The summed E-state index contributed by atoms with van der Waals surface area (Å²) >= 11 is 0. The van der Waals surface area contributed by atoms with Crippen LogP contribution in [0, 0.1) is 13.8 Å². The molecule has 3 aromatic heterocycles. The average molecular weight is 454 g/mol. The lowest BCUT2D eigenvalue weighted by Crippen LogP contribution is -2.40. The molecule has 0 aliphatic heterocycles. The maximum atomic E-state index is 13.7. The highest BCUT2D eigenvalue weighted by Crippen LogP contribution is 2.26. The summed E-state index contributed by atoms with van der Waals surface area (Å²) in [6.45, 7) is 3.71. The van der Waals surface area contributed by atoms with Gasteiger partial charge >= 0.3 is 5.69 Å². The normalized spacial score (nSPS) is 11.1. The molecule has 5 aromatic rings. The summed E-state index contributed by atoms with van der Waals surface area (Å²) in [5, 5.41) is 0.313. The Hall–Kier alpha value is -4.46. The summed E-state index contributed by atoms with van der Waals surface area (Å²) < 4.78 is 13.9. The van der Waals surface area contributed by atoms with E-state index in [1.54, 1.807) is 43.5 Å². The molecule has 3 heterocycles. The van der Waals surface area contributed by atoms with Crippen LogP contribution in [0.4, 0.5) is 0 Å². The zero-order chi connectivity index (χ0) is 23.8. The van der Waals surface area contributed by atoms with Gasteiger partial charge in [-0.15, -0.1) is 0 Å². The number of aryl methyl sites for hydroxylation is 2. The fraction of sp³-hybridized carbons (Fsp3) is 0.154. The van der Waals surface area contributed by atoms with Crippen molar-refractivity contribution in [1.29, 1.82) is 0 Å². The van der Waals surface area contributed by atoms with Crippen molar-refractivity contribution in [2.45, 2.75) is 20.4 Å². The third-order valence-corrected chi connectivity index (χ3v) is 5.80. The molecule has 0 aliphatic carbocycles. The van der Waals surface area contributed by atoms with Crippen molar-refractivity contribution >= 4 is 11.0 Å². The van der Waals surface area contributed by atoms with Crippen LogP contribution in [0.25, 0.3) is 28.2 Å². The number of pyridine rings is 1. The Morgan fingerprint density at radius 3 is 2.53 bits per heavy atom. The number of hydrogen-bond donors (Lipinski definition) is 0. The molecule has 0 aliphatic rings. The van der Waals surface area contributed by atoms with E-state index in [0.29, 0.717) is 34.2 Å². The highest BCUT2D eigenvalue weighted by molar-refractivity contribution is 5.76. The molecule has 0 saturated carbocycles. The summed E-state index contributed by atoms with van der Waals surface area (Å²) in [6.07, 6.45) is 1.55. The molecule has 0 radical (unpaired) electrons. The molecule has 170 valence electrons. The maximum Gasteiger partial charge on any atom is 0.337 e. The van der Waals surface area contributed by atoms with E-state index >= 15 is 0 Å². The first-order valence-corrected chi connectivity index (χ1v) is 10.8. The SMILES string of the molecule is COc1ccccc1-n1c(=O)n(Cc2nc(-c3ccccc3C)oc2C)c(=O)c2cccnc21. The fourth-order valence-corrected chi connectivity index (χ4v) is 4.01. The standard InChI is InChI=1S/C26H22N4O4/c1-16-9-4-5-10-18(16)24-28-20(17(2)34-24)15-29-25(31)19-11-8-14-27-23(19)30(26(29)32)21-12-6-7-13-22(21)33-3/h4-14H,15H2,1-3H3. The highest BCUT2D eigenvalue weighted by atomic mass is 16.5. The van der Waals surface area contributed by atoms with Crippen molar-refractivity contribution in [1.82, 2.24) is 19.1 Å². The van der Waals surface area contributed by atoms with Gasteiger partial charge in [0, 0.05) is 11.8 Å². The van der Waals surface area contributed by atoms with Crippen LogP contribution >= 0.6 is 0 Å². The van der Waals surface area contributed by atoms with Gasteiger partial charge in [0.25, 0.3) is 5.56 Å². The number of rotatable bonds is 5. The molecular weight excluding hydrogens is 432 g/mol. The van der Waals surface area contributed by atoms with Crippen molar-refractivity contribution in [3.05, 3.63) is 105 Å². The summed E-state index contributed by atoms with van der Waals surface area (Å²) in [4.78, 5) is 36.0. The molecule has 0 saturated heterocycles. The molecule has 0 amide bonds. The van der Waals surface area contributed by atoms with Gasteiger partial charge < -0.3 is 9.15 Å². The third-order valence-electron chi connectivity index (χ3n) is 5.80. The van der Waals surface area contributed by atoms with Gasteiger partial charge in [-0.3, -0.25) is 9.36 Å². The van der Waals surface area contributed by atoms with Gasteiger partial charge in [-0.2, -0.15) is 0 Å². The Balaban J connectivity index is 1.71. The lowest BCUT2D eigenvalue weighted by Gasteiger charge is -2.15. The van der Waals surface area contributed by atoms with Crippen LogP contribution in [0.3, 0.4) is 0 Å². The van der Waals surface area contributed by atoms with Crippen LogP contribution in [-0.4, -0.2) is 26.2 Å². The van der Waals surface area contributed by atoms with E-state index in [-0.39, 0.29) is 12.2 Å². The molecule has 8 nitrogen and oxygen atoms in total. The summed E-state index contributed by atoms with van der Waals surface area (Å²) in [7, 11) is 1.53. The molecule has 34 heavy (non-hydrogen) atoms. The van der Waals surface area contributed by atoms with Crippen LogP contribution in [0.2, 0.25) is 0 Å². The Morgan fingerprint density at radius 2 is 1.74 bits per heavy atom. The molecule has 8 heteroatoms. The fourth-order valence-electron chi connectivity index (χ4n) is 4.01. The van der Waals surface area contributed by atoms with Crippen LogP contribution in [0.1, 0.15) is 17.0 Å². The number of fused-ring (bicyclic) bond motifs is 1. The van der Waals surface area contributed by atoms with Crippen molar-refractivity contribution in [3.63, 3.8) is 0 Å². The number of hydrogen-bond acceptors (Lipinski definition) is 6. The lowest BCUT2D eigenvalue weighted by molar-refractivity contribution is 0.412. The summed E-state index contributed by atoms with van der Waals surface area (Å²) in [5.41, 5.74) is 2.15. The molecule has 0 unspecified atom stereocenters. The Morgan fingerprint density at radius 1 is 0.971 bits per heavy atom. The first-order chi connectivity index (χ1) is 16.5. The lowest BCUT2D eigenvalue weighted by atomic mass is 10.1. The first-order valence-electron chi connectivity index (χ1n) is 10.8. The number of ether oxygens (including phenoxy) is 1. The minimum Gasteiger partial charge on any atom is -0.495 e. The van der Waals surface area contributed by atoms with Crippen LogP contribution in [0.5, 0.6) is 5.75 Å². The number of benzene rings is 2. The second-order valence-corrected chi connectivity index (χ2v) is 7.89. The van der Waals surface area contributed by atoms with E-state index < -0.39 is 11.2 Å². The molecule has 5 rings (SSSR count). The van der Waals surface area contributed by atoms with Crippen LogP contribution in [-0.2, 0) is 6.54 Å². The Labute approximate surface area is 194 Å². The molecule has 0 fully saturated rings. The minimum absolute atomic E-state index is 0.0428. The Bertz CT molecular complexity index is 1650. The highest BCUT2D eigenvalue weighted by Gasteiger charge is 2.20. The number of methoxy groups -OCH3 is 1. The minimum atomic E-state index is -0.541. The quantitative estimate of drug-likeness (QED) is 0.400. The second-order valence-electron chi connectivity index (χ2n) is 7.89. The monoisotopic (exact) mass is 454 g/mol. The van der Waals surface area contributed by atoms with E-state index in [1.165, 1.54) is 11.7 Å². The molecule has 0 spiro atoms. The van der Waals surface area contributed by atoms with Crippen LogP contribution < -0.4 is 16.0 Å². The molecular formula is C26H22N4O4. The summed E-state index contributed by atoms with van der Waals surface area (Å²) in [5.74, 6) is 1.48. The predicted octanol–water partition coefficient (Wildman–Crippen LogP) is 3.88. The third kappa shape index (κ3) is 3.49. The average Bonchev–Trinajstić information content (AvgIpc) is 3.22. The largest absolute Gasteiger partial charge is 0.495 e. The smallest absolute Gasteiger partial charge is 0.337 e. The van der Waals surface area contributed by atoms with Gasteiger partial charge in [0.1, 0.15) is 17.2 Å². The zero-order valence-corrected chi connectivity index (χ0v) is 19.0. The number of aromatic nitrogens is 4.